The molecule has 3 aliphatic carbocycles. The van der Waals surface area contributed by atoms with Crippen LogP contribution in [0.15, 0.2) is 261 Å². The Morgan fingerprint density at radius 1 is 0.254 bits per heavy atom. The van der Waals surface area contributed by atoms with Crippen LogP contribution in [0.3, 0.4) is 0 Å². The predicted octanol–water partition coefficient (Wildman–Crippen LogP) is 18.5. The Labute approximate surface area is 416 Å². The molecule has 0 saturated carbocycles. The topological polar surface area (TPSA) is 3.24 Å². The first-order chi connectivity index (χ1) is 35.0. The molecule has 0 radical (unpaired) electrons. The standard InChI is InChI=1S/C70H49N/c1-69(2)60-34-16-11-28-53(60)57-42-40-48(44-64(57)69)51-27-15-20-38-66(51)71(67-39-21-33-52(47-24-7-4-8-25-47)68(67)59-32-10-9-26-50(59)46-22-5-3-6-23-46)49-41-43-58-56-31-14-19-37-63(56)70(65(58)45-49)61-35-17-12-29-54(61)55-30-13-18-36-62(55)70/h3-45H,1-2H3. The van der Waals surface area contributed by atoms with E-state index in [2.05, 4.69) is 280 Å². The van der Waals surface area contributed by atoms with Gasteiger partial charge in [-0.25, -0.2) is 0 Å². The van der Waals surface area contributed by atoms with Gasteiger partial charge in [-0.1, -0.05) is 244 Å². The molecule has 3 aliphatic rings. The zero-order chi connectivity index (χ0) is 47.3. The third-order valence-electron chi connectivity index (χ3n) is 15.9. The van der Waals surface area contributed by atoms with Crippen LogP contribution in [0.4, 0.5) is 17.1 Å². The van der Waals surface area contributed by atoms with Crippen molar-refractivity contribution in [3.63, 3.8) is 0 Å². The van der Waals surface area contributed by atoms with Crippen molar-refractivity contribution in [1.29, 1.82) is 0 Å². The molecule has 0 heterocycles. The van der Waals surface area contributed by atoms with Crippen LogP contribution < -0.4 is 4.90 Å². The summed E-state index contributed by atoms with van der Waals surface area (Å²) in [7, 11) is 0. The molecule has 11 aromatic carbocycles. The van der Waals surface area contributed by atoms with Crippen molar-refractivity contribution in [3.8, 4) is 77.9 Å². The molecule has 0 N–H and O–H groups in total. The largest absolute Gasteiger partial charge is 0.309 e. The summed E-state index contributed by atoms with van der Waals surface area (Å²) < 4.78 is 0. The highest BCUT2D eigenvalue weighted by molar-refractivity contribution is 6.04. The molecule has 0 atom stereocenters. The van der Waals surface area contributed by atoms with E-state index in [9.17, 15) is 0 Å². The normalized spacial score (nSPS) is 13.7. The molecule has 0 unspecified atom stereocenters. The zero-order valence-electron chi connectivity index (χ0n) is 39.8. The van der Waals surface area contributed by atoms with Gasteiger partial charge >= 0.3 is 0 Å². The minimum absolute atomic E-state index is 0.147. The minimum Gasteiger partial charge on any atom is -0.309 e. The van der Waals surface area contributed by atoms with Crippen molar-refractivity contribution in [2.75, 3.05) is 4.90 Å². The highest BCUT2D eigenvalue weighted by atomic mass is 15.1. The third kappa shape index (κ3) is 6.00. The second kappa shape index (κ2) is 15.9. The van der Waals surface area contributed by atoms with Crippen LogP contribution in [0.1, 0.15) is 47.2 Å². The first-order valence-electron chi connectivity index (χ1n) is 24.9. The van der Waals surface area contributed by atoms with Crippen molar-refractivity contribution in [2.45, 2.75) is 24.7 Å². The summed E-state index contributed by atoms with van der Waals surface area (Å²) in [4.78, 5) is 2.58. The summed E-state index contributed by atoms with van der Waals surface area (Å²) in [6.07, 6.45) is 0. The molecule has 0 saturated heterocycles. The highest BCUT2D eigenvalue weighted by Crippen LogP contribution is 2.64. The van der Waals surface area contributed by atoms with E-state index in [4.69, 9.17) is 0 Å². The lowest BCUT2D eigenvalue weighted by Gasteiger charge is -2.34. The van der Waals surface area contributed by atoms with Crippen LogP contribution in [0.5, 0.6) is 0 Å². The number of para-hydroxylation sites is 1. The Hall–Kier alpha value is -8.78. The Bertz CT molecular complexity index is 3850. The molecule has 11 aromatic rings. The van der Waals surface area contributed by atoms with Gasteiger partial charge in [-0.3, -0.25) is 0 Å². The molecule has 0 bridgehead atoms. The summed E-state index contributed by atoms with van der Waals surface area (Å²) in [5.41, 5.74) is 28.0. The Kier molecular flexibility index (Phi) is 9.22. The van der Waals surface area contributed by atoms with E-state index in [1.54, 1.807) is 0 Å². The lowest BCUT2D eigenvalue weighted by Crippen LogP contribution is -2.26. The third-order valence-corrected chi connectivity index (χ3v) is 15.9. The van der Waals surface area contributed by atoms with E-state index >= 15 is 0 Å². The van der Waals surface area contributed by atoms with Gasteiger partial charge < -0.3 is 4.90 Å². The fourth-order valence-electron chi connectivity index (χ4n) is 12.9. The molecular formula is C70H49N. The van der Waals surface area contributed by atoms with Gasteiger partial charge in [0.05, 0.1) is 16.8 Å². The van der Waals surface area contributed by atoms with Crippen molar-refractivity contribution in [2.24, 2.45) is 0 Å². The van der Waals surface area contributed by atoms with Crippen LogP contribution in [0, 0.1) is 0 Å². The van der Waals surface area contributed by atoms with Crippen molar-refractivity contribution in [1.82, 2.24) is 0 Å². The average molecular weight is 904 g/mol. The number of hydrogen-bond donors (Lipinski definition) is 0. The van der Waals surface area contributed by atoms with Gasteiger partial charge in [0.1, 0.15) is 0 Å². The number of hydrogen-bond acceptors (Lipinski definition) is 1. The quantitative estimate of drug-likeness (QED) is 0.154. The second-order valence-corrected chi connectivity index (χ2v) is 19.9. The number of fused-ring (bicyclic) bond motifs is 13. The zero-order valence-corrected chi connectivity index (χ0v) is 39.8. The maximum absolute atomic E-state index is 2.58. The fraction of sp³-hybridized carbons (Fsp3) is 0.0571. The van der Waals surface area contributed by atoms with E-state index in [1.807, 2.05) is 0 Å². The van der Waals surface area contributed by atoms with Gasteiger partial charge in [0, 0.05) is 22.2 Å². The molecule has 334 valence electrons. The molecule has 0 aromatic heterocycles. The number of benzene rings is 11. The predicted molar refractivity (Wildman–Crippen MR) is 297 cm³/mol. The molecule has 1 spiro atoms. The first-order valence-corrected chi connectivity index (χ1v) is 24.9. The van der Waals surface area contributed by atoms with Gasteiger partial charge in [0.15, 0.2) is 0 Å². The smallest absolute Gasteiger partial charge is 0.0726 e. The van der Waals surface area contributed by atoms with E-state index < -0.39 is 5.41 Å². The molecule has 0 fully saturated rings. The first kappa shape index (κ1) is 41.2. The van der Waals surface area contributed by atoms with Gasteiger partial charge in [-0.15, -0.1) is 0 Å². The summed E-state index contributed by atoms with van der Waals surface area (Å²) >= 11 is 0. The van der Waals surface area contributed by atoms with E-state index in [1.165, 1.54) is 111 Å². The SMILES string of the molecule is CC1(C)c2ccccc2-c2ccc(-c3ccccc3N(c3ccc4c(c3)C3(c5ccccc5-c5ccccc53)c3ccccc3-4)c3cccc(-c4ccccc4)c3-c3ccccc3-c3ccccc3)cc21. The van der Waals surface area contributed by atoms with Gasteiger partial charge in [0.25, 0.3) is 0 Å². The minimum atomic E-state index is -0.504. The average Bonchev–Trinajstić information content (AvgIpc) is 4.00. The lowest BCUT2D eigenvalue weighted by atomic mass is 9.70. The summed E-state index contributed by atoms with van der Waals surface area (Å²) in [6.45, 7) is 4.76. The second-order valence-electron chi connectivity index (χ2n) is 19.9. The van der Waals surface area contributed by atoms with Crippen molar-refractivity contribution in [3.05, 3.63) is 294 Å². The van der Waals surface area contributed by atoms with Crippen molar-refractivity contribution >= 4 is 17.1 Å². The Morgan fingerprint density at radius 2 is 0.676 bits per heavy atom. The molecule has 0 aliphatic heterocycles. The molecule has 0 amide bonds. The summed E-state index contributed by atoms with van der Waals surface area (Å²) in [5, 5.41) is 0. The highest BCUT2D eigenvalue weighted by Gasteiger charge is 2.51. The van der Waals surface area contributed by atoms with Crippen LogP contribution in [-0.4, -0.2) is 0 Å². The van der Waals surface area contributed by atoms with Crippen LogP contribution >= 0.6 is 0 Å². The Balaban J connectivity index is 1.08. The van der Waals surface area contributed by atoms with E-state index in [0.717, 1.165) is 17.1 Å². The Morgan fingerprint density at radius 3 is 1.30 bits per heavy atom. The summed E-state index contributed by atoms with van der Waals surface area (Å²) in [6, 6.07) is 97.5. The summed E-state index contributed by atoms with van der Waals surface area (Å²) in [5.74, 6) is 0. The van der Waals surface area contributed by atoms with E-state index in [-0.39, 0.29) is 5.41 Å². The molecule has 14 rings (SSSR count). The van der Waals surface area contributed by atoms with Gasteiger partial charge in [-0.05, 0) is 130 Å². The molecular weight excluding hydrogens is 855 g/mol. The molecule has 1 nitrogen and oxygen atoms in total. The number of nitrogens with zero attached hydrogens (tertiary/aromatic N) is 1. The maximum Gasteiger partial charge on any atom is 0.0726 e. The van der Waals surface area contributed by atoms with E-state index in [0.29, 0.717) is 0 Å². The van der Waals surface area contributed by atoms with Gasteiger partial charge in [0.2, 0.25) is 0 Å². The van der Waals surface area contributed by atoms with Crippen LogP contribution in [0.25, 0.3) is 77.9 Å². The lowest BCUT2D eigenvalue weighted by molar-refractivity contribution is 0.660. The number of anilines is 3. The molecule has 71 heavy (non-hydrogen) atoms. The van der Waals surface area contributed by atoms with Gasteiger partial charge in [-0.2, -0.15) is 0 Å². The number of rotatable bonds is 7. The maximum atomic E-state index is 2.58. The molecule has 1 heteroatoms. The van der Waals surface area contributed by atoms with Crippen LogP contribution in [-0.2, 0) is 10.8 Å². The fourth-order valence-corrected chi connectivity index (χ4v) is 12.9. The van der Waals surface area contributed by atoms with Crippen LogP contribution in [0.2, 0.25) is 0 Å². The monoisotopic (exact) mass is 903 g/mol. The van der Waals surface area contributed by atoms with Crippen molar-refractivity contribution < 1.29 is 0 Å².